The number of piperazine rings is 1. The van der Waals surface area contributed by atoms with Crippen molar-refractivity contribution in [2.45, 2.75) is 32.4 Å². The molecule has 1 fully saturated rings. The highest BCUT2D eigenvalue weighted by Gasteiger charge is 2.26. The van der Waals surface area contributed by atoms with Crippen LogP contribution >= 0.6 is 0 Å². The number of nitrogens with zero attached hydrogens (tertiary/aromatic N) is 1. The van der Waals surface area contributed by atoms with E-state index in [0.29, 0.717) is 12.5 Å². The molecule has 1 heterocycles. The topological polar surface area (TPSA) is 58.4 Å². The van der Waals surface area contributed by atoms with E-state index in [-0.39, 0.29) is 11.9 Å². The lowest BCUT2D eigenvalue weighted by Crippen LogP contribution is -2.56. The second-order valence-corrected chi connectivity index (χ2v) is 5.49. The second-order valence-electron chi connectivity index (χ2n) is 5.49. The van der Waals surface area contributed by atoms with Gasteiger partial charge in [-0.15, -0.1) is 0 Å². The number of nitrogens with one attached hydrogen (secondary N) is 1. The number of hydrogen-bond donors (Lipinski definition) is 2. The maximum absolute atomic E-state index is 11.4. The fourth-order valence-electron chi connectivity index (χ4n) is 2.46. The SMILES string of the molecule is CC(C)c1ccc(CN2CCNCC2C(N)=O)cc1. The van der Waals surface area contributed by atoms with Crippen molar-refractivity contribution in [3.8, 4) is 0 Å². The zero-order valence-corrected chi connectivity index (χ0v) is 11.7. The Balaban J connectivity index is 2.04. The van der Waals surface area contributed by atoms with Crippen LogP contribution in [-0.4, -0.2) is 36.5 Å². The lowest BCUT2D eigenvalue weighted by atomic mass is 10.0. The third kappa shape index (κ3) is 3.55. The normalized spacial score (nSPS) is 20.7. The molecule has 4 nitrogen and oxygen atoms in total. The van der Waals surface area contributed by atoms with Gasteiger partial charge >= 0.3 is 0 Å². The van der Waals surface area contributed by atoms with Crippen molar-refractivity contribution in [2.24, 2.45) is 5.73 Å². The van der Waals surface area contributed by atoms with Crippen molar-refractivity contribution >= 4 is 5.91 Å². The fourth-order valence-corrected chi connectivity index (χ4v) is 2.46. The van der Waals surface area contributed by atoms with Crippen LogP contribution in [0.15, 0.2) is 24.3 Å². The van der Waals surface area contributed by atoms with Crippen LogP contribution in [0.25, 0.3) is 0 Å². The smallest absolute Gasteiger partial charge is 0.236 e. The molecule has 1 aromatic rings. The number of carbonyl (C=O) groups is 1. The summed E-state index contributed by atoms with van der Waals surface area (Å²) in [4.78, 5) is 13.6. The van der Waals surface area contributed by atoms with Crippen LogP contribution in [0.1, 0.15) is 30.9 Å². The molecule has 0 spiro atoms. The average Bonchev–Trinajstić information content (AvgIpc) is 2.39. The lowest BCUT2D eigenvalue weighted by molar-refractivity contribution is -0.124. The largest absolute Gasteiger partial charge is 0.368 e. The van der Waals surface area contributed by atoms with Crippen molar-refractivity contribution in [3.63, 3.8) is 0 Å². The summed E-state index contributed by atoms with van der Waals surface area (Å²) >= 11 is 0. The van der Waals surface area contributed by atoms with Gasteiger partial charge in [0.2, 0.25) is 5.91 Å². The number of carbonyl (C=O) groups excluding carboxylic acids is 1. The van der Waals surface area contributed by atoms with E-state index in [1.165, 1.54) is 11.1 Å². The molecule has 0 bridgehead atoms. The molecule has 1 unspecified atom stereocenters. The first kappa shape index (κ1) is 14.0. The van der Waals surface area contributed by atoms with Crippen LogP contribution in [0.3, 0.4) is 0 Å². The average molecular weight is 261 g/mol. The van der Waals surface area contributed by atoms with Gasteiger partial charge in [0.05, 0.1) is 0 Å². The second kappa shape index (κ2) is 6.17. The molecule has 0 aromatic heterocycles. The van der Waals surface area contributed by atoms with Gasteiger partial charge in [-0.25, -0.2) is 0 Å². The lowest BCUT2D eigenvalue weighted by Gasteiger charge is -2.34. The summed E-state index contributed by atoms with van der Waals surface area (Å²) in [7, 11) is 0. The molecule has 0 radical (unpaired) electrons. The summed E-state index contributed by atoms with van der Waals surface area (Å²) in [5, 5.41) is 3.21. The van der Waals surface area contributed by atoms with Crippen molar-refractivity contribution in [3.05, 3.63) is 35.4 Å². The molecule has 2 rings (SSSR count). The van der Waals surface area contributed by atoms with Gasteiger partial charge in [0.15, 0.2) is 0 Å². The first-order chi connectivity index (χ1) is 9.08. The van der Waals surface area contributed by atoms with Crippen LogP contribution in [0.2, 0.25) is 0 Å². The van der Waals surface area contributed by atoms with Crippen LogP contribution in [-0.2, 0) is 11.3 Å². The number of primary amides is 1. The van der Waals surface area contributed by atoms with E-state index in [2.05, 4.69) is 48.3 Å². The zero-order valence-electron chi connectivity index (χ0n) is 11.7. The monoisotopic (exact) mass is 261 g/mol. The first-order valence-electron chi connectivity index (χ1n) is 6.91. The number of amides is 1. The summed E-state index contributed by atoms with van der Waals surface area (Å²) in [5.41, 5.74) is 8.03. The van der Waals surface area contributed by atoms with Gasteiger partial charge in [0.25, 0.3) is 0 Å². The van der Waals surface area contributed by atoms with Crippen LogP contribution in [0.4, 0.5) is 0 Å². The van der Waals surface area contributed by atoms with Gasteiger partial charge in [0.1, 0.15) is 6.04 Å². The van der Waals surface area contributed by atoms with Crippen LogP contribution < -0.4 is 11.1 Å². The minimum absolute atomic E-state index is 0.196. The Bertz CT molecular complexity index is 428. The zero-order chi connectivity index (χ0) is 13.8. The van der Waals surface area contributed by atoms with E-state index in [0.717, 1.165) is 19.6 Å². The van der Waals surface area contributed by atoms with E-state index in [4.69, 9.17) is 5.73 Å². The molecule has 1 atom stereocenters. The number of rotatable bonds is 4. The summed E-state index contributed by atoms with van der Waals surface area (Å²) in [6, 6.07) is 8.44. The van der Waals surface area contributed by atoms with Gasteiger partial charge < -0.3 is 11.1 Å². The highest BCUT2D eigenvalue weighted by molar-refractivity contribution is 5.80. The maximum Gasteiger partial charge on any atom is 0.236 e. The Morgan fingerprint density at radius 1 is 1.42 bits per heavy atom. The third-order valence-corrected chi connectivity index (χ3v) is 3.71. The van der Waals surface area contributed by atoms with E-state index in [1.54, 1.807) is 0 Å². The molecule has 1 aliphatic rings. The summed E-state index contributed by atoms with van der Waals surface area (Å²) in [6.45, 7) is 7.59. The molecular formula is C15H23N3O. The molecule has 19 heavy (non-hydrogen) atoms. The quantitative estimate of drug-likeness (QED) is 0.852. The Morgan fingerprint density at radius 2 is 2.11 bits per heavy atom. The molecule has 104 valence electrons. The van der Waals surface area contributed by atoms with E-state index in [9.17, 15) is 4.79 Å². The van der Waals surface area contributed by atoms with Gasteiger partial charge in [-0.2, -0.15) is 0 Å². The highest BCUT2D eigenvalue weighted by Crippen LogP contribution is 2.16. The van der Waals surface area contributed by atoms with Gasteiger partial charge in [0, 0.05) is 26.2 Å². The highest BCUT2D eigenvalue weighted by atomic mass is 16.1. The summed E-state index contributed by atoms with van der Waals surface area (Å²) in [6.07, 6.45) is 0. The Kier molecular flexibility index (Phi) is 4.56. The van der Waals surface area contributed by atoms with Crippen molar-refractivity contribution < 1.29 is 4.79 Å². The van der Waals surface area contributed by atoms with Gasteiger partial charge in [-0.3, -0.25) is 9.69 Å². The molecule has 4 heteroatoms. The van der Waals surface area contributed by atoms with Gasteiger partial charge in [-0.1, -0.05) is 38.1 Å². The van der Waals surface area contributed by atoms with Crippen molar-refractivity contribution in [1.29, 1.82) is 0 Å². The molecule has 1 saturated heterocycles. The number of benzene rings is 1. The molecule has 0 aliphatic carbocycles. The van der Waals surface area contributed by atoms with E-state index < -0.39 is 0 Å². The Morgan fingerprint density at radius 3 is 2.68 bits per heavy atom. The summed E-state index contributed by atoms with van der Waals surface area (Å²) < 4.78 is 0. The maximum atomic E-state index is 11.4. The predicted molar refractivity (Wildman–Crippen MR) is 76.8 cm³/mol. The van der Waals surface area contributed by atoms with E-state index >= 15 is 0 Å². The van der Waals surface area contributed by atoms with Gasteiger partial charge in [-0.05, 0) is 17.0 Å². The summed E-state index contributed by atoms with van der Waals surface area (Å²) in [5.74, 6) is 0.303. The standard InChI is InChI=1S/C15H23N3O/c1-11(2)13-5-3-12(4-6-13)10-18-8-7-17-9-14(18)15(16)19/h3-6,11,14,17H,7-10H2,1-2H3,(H2,16,19). The fraction of sp³-hybridized carbons (Fsp3) is 0.533. The van der Waals surface area contributed by atoms with Crippen LogP contribution in [0.5, 0.6) is 0 Å². The predicted octanol–water partition coefficient (Wildman–Crippen LogP) is 1.07. The molecule has 1 amide bonds. The first-order valence-corrected chi connectivity index (χ1v) is 6.91. The molecular weight excluding hydrogens is 238 g/mol. The minimum Gasteiger partial charge on any atom is -0.368 e. The number of nitrogens with two attached hydrogens (primary N) is 1. The van der Waals surface area contributed by atoms with E-state index in [1.807, 2.05) is 0 Å². The Hall–Kier alpha value is -1.39. The molecule has 3 N–H and O–H groups in total. The van der Waals surface area contributed by atoms with Crippen molar-refractivity contribution in [2.75, 3.05) is 19.6 Å². The number of hydrogen-bond acceptors (Lipinski definition) is 3. The Labute approximate surface area is 115 Å². The molecule has 1 aromatic carbocycles. The third-order valence-electron chi connectivity index (χ3n) is 3.71. The van der Waals surface area contributed by atoms with Crippen LogP contribution in [0, 0.1) is 0 Å². The van der Waals surface area contributed by atoms with Crippen molar-refractivity contribution in [1.82, 2.24) is 10.2 Å². The molecule has 1 aliphatic heterocycles. The minimum atomic E-state index is -0.244. The molecule has 0 saturated carbocycles.